The number of piperidine rings is 1. The van der Waals surface area contributed by atoms with Gasteiger partial charge in [-0.3, -0.25) is 4.79 Å². The fraction of sp³-hybridized carbons (Fsp3) is 0.900. The normalized spacial score (nSPS) is 27.3. The van der Waals surface area contributed by atoms with Crippen LogP contribution >= 0.6 is 0 Å². The van der Waals surface area contributed by atoms with Gasteiger partial charge >= 0.3 is 5.97 Å². The summed E-state index contributed by atoms with van der Waals surface area (Å²) in [5.41, 5.74) is 0. The van der Waals surface area contributed by atoms with Crippen molar-refractivity contribution in [2.75, 3.05) is 26.9 Å². The van der Waals surface area contributed by atoms with Crippen molar-refractivity contribution in [1.29, 1.82) is 0 Å². The Labute approximate surface area is 85.0 Å². The number of nitrogens with one attached hydrogen (secondary N) is 1. The summed E-state index contributed by atoms with van der Waals surface area (Å²) in [5.74, 6) is -0.00138. The molecule has 0 saturated carbocycles. The highest BCUT2D eigenvalue weighted by Crippen LogP contribution is 2.17. The minimum atomic E-state index is -0.0737. The molecule has 0 aromatic rings. The van der Waals surface area contributed by atoms with Gasteiger partial charge in [-0.05, 0) is 26.3 Å². The van der Waals surface area contributed by atoms with Crippen LogP contribution in [0.4, 0.5) is 0 Å². The molecule has 82 valence electrons. The molecular weight excluding hydrogens is 182 g/mol. The minimum absolute atomic E-state index is 0.0723. The van der Waals surface area contributed by atoms with Crippen LogP contribution in [0.1, 0.15) is 19.8 Å². The van der Waals surface area contributed by atoms with Gasteiger partial charge in [0.1, 0.15) is 6.61 Å². The van der Waals surface area contributed by atoms with Crippen molar-refractivity contribution in [2.45, 2.75) is 25.8 Å². The number of hydrogen-bond donors (Lipinski definition) is 1. The summed E-state index contributed by atoms with van der Waals surface area (Å²) in [7, 11) is 1.60. The van der Waals surface area contributed by atoms with E-state index < -0.39 is 0 Å². The highest BCUT2D eigenvalue weighted by molar-refractivity contribution is 5.72. The van der Waals surface area contributed by atoms with Crippen molar-refractivity contribution < 1.29 is 14.3 Å². The SMILES string of the molecule is COCCOC(=O)C1CCNC(C)C1. The molecular formula is C10H19NO3. The van der Waals surface area contributed by atoms with Gasteiger partial charge in [-0.25, -0.2) is 0 Å². The zero-order valence-electron chi connectivity index (χ0n) is 8.91. The second-order valence-electron chi connectivity index (χ2n) is 3.74. The van der Waals surface area contributed by atoms with Gasteiger partial charge in [0.15, 0.2) is 0 Å². The molecule has 1 N–H and O–H groups in total. The smallest absolute Gasteiger partial charge is 0.309 e. The zero-order chi connectivity index (χ0) is 10.4. The molecule has 0 aromatic carbocycles. The van der Waals surface area contributed by atoms with Gasteiger partial charge in [0.25, 0.3) is 0 Å². The molecule has 0 amide bonds. The quantitative estimate of drug-likeness (QED) is 0.533. The number of carbonyl (C=O) groups is 1. The van der Waals surface area contributed by atoms with Crippen molar-refractivity contribution in [1.82, 2.24) is 5.32 Å². The Hall–Kier alpha value is -0.610. The maximum Gasteiger partial charge on any atom is 0.309 e. The first-order valence-corrected chi connectivity index (χ1v) is 5.13. The van der Waals surface area contributed by atoms with Crippen LogP contribution in [0, 0.1) is 5.92 Å². The summed E-state index contributed by atoms with van der Waals surface area (Å²) in [6.45, 7) is 3.85. The molecule has 0 spiro atoms. The maximum atomic E-state index is 11.5. The maximum absolute atomic E-state index is 11.5. The first-order valence-electron chi connectivity index (χ1n) is 5.13. The topological polar surface area (TPSA) is 47.6 Å². The van der Waals surface area contributed by atoms with E-state index in [1.165, 1.54) is 0 Å². The third kappa shape index (κ3) is 3.64. The van der Waals surface area contributed by atoms with Crippen LogP contribution in [-0.4, -0.2) is 38.9 Å². The molecule has 4 nitrogen and oxygen atoms in total. The number of ether oxygens (including phenoxy) is 2. The van der Waals surface area contributed by atoms with Gasteiger partial charge < -0.3 is 14.8 Å². The third-order valence-electron chi connectivity index (χ3n) is 2.49. The van der Waals surface area contributed by atoms with Gasteiger partial charge in [-0.2, -0.15) is 0 Å². The van der Waals surface area contributed by atoms with Gasteiger partial charge in [0, 0.05) is 13.2 Å². The van der Waals surface area contributed by atoms with Crippen LogP contribution in [-0.2, 0) is 14.3 Å². The lowest BCUT2D eigenvalue weighted by Gasteiger charge is -2.26. The summed E-state index contributed by atoms with van der Waals surface area (Å²) < 4.78 is 9.89. The van der Waals surface area contributed by atoms with Gasteiger partial charge in [0.05, 0.1) is 12.5 Å². The molecule has 2 atom stereocenters. The summed E-state index contributed by atoms with van der Waals surface area (Å²) in [5, 5.41) is 3.30. The fourth-order valence-corrected chi connectivity index (χ4v) is 1.69. The van der Waals surface area contributed by atoms with E-state index in [0.29, 0.717) is 19.3 Å². The Balaban J connectivity index is 2.22. The van der Waals surface area contributed by atoms with Crippen LogP contribution in [0.2, 0.25) is 0 Å². The standard InChI is InChI=1S/C10H19NO3/c1-8-7-9(3-4-11-8)10(12)14-6-5-13-2/h8-9,11H,3-7H2,1-2H3. The molecule has 14 heavy (non-hydrogen) atoms. The van der Waals surface area contributed by atoms with E-state index in [0.717, 1.165) is 19.4 Å². The van der Waals surface area contributed by atoms with E-state index in [4.69, 9.17) is 9.47 Å². The van der Waals surface area contributed by atoms with E-state index in [1.54, 1.807) is 7.11 Å². The van der Waals surface area contributed by atoms with Crippen molar-refractivity contribution >= 4 is 5.97 Å². The zero-order valence-corrected chi connectivity index (χ0v) is 8.91. The molecule has 0 bridgehead atoms. The average Bonchev–Trinajstić information content (AvgIpc) is 2.18. The third-order valence-corrected chi connectivity index (χ3v) is 2.49. The molecule has 2 unspecified atom stereocenters. The Bertz CT molecular complexity index is 184. The Morgan fingerprint density at radius 3 is 2.93 bits per heavy atom. The van der Waals surface area contributed by atoms with Crippen LogP contribution in [0.5, 0.6) is 0 Å². The Morgan fingerprint density at radius 2 is 2.29 bits per heavy atom. The lowest BCUT2D eigenvalue weighted by molar-refractivity contribution is -0.151. The summed E-state index contributed by atoms with van der Waals surface area (Å²) in [4.78, 5) is 11.5. The molecule has 1 aliphatic heterocycles. The van der Waals surface area contributed by atoms with Crippen molar-refractivity contribution in [3.8, 4) is 0 Å². The predicted octanol–water partition coefficient (Wildman–Crippen LogP) is 0.564. The molecule has 0 radical (unpaired) electrons. The van der Waals surface area contributed by atoms with Crippen molar-refractivity contribution in [3.63, 3.8) is 0 Å². The summed E-state index contributed by atoms with van der Waals surface area (Å²) >= 11 is 0. The van der Waals surface area contributed by atoms with E-state index >= 15 is 0 Å². The van der Waals surface area contributed by atoms with Gasteiger partial charge in [0.2, 0.25) is 0 Å². The molecule has 1 saturated heterocycles. The Morgan fingerprint density at radius 1 is 1.50 bits per heavy atom. The number of methoxy groups -OCH3 is 1. The number of rotatable bonds is 4. The predicted molar refractivity (Wildman–Crippen MR) is 53.0 cm³/mol. The van der Waals surface area contributed by atoms with Crippen LogP contribution < -0.4 is 5.32 Å². The number of carbonyl (C=O) groups excluding carboxylic acids is 1. The average molecular weight is 201 g/mol. The largest absolute Gasteiger partial charge is 0.463 e. The molecule has 1 aliphatic rings. The lowest BCUT2D eigenvalue weighted by Crippen LogP contribution is -2.39. The monoisotopic (exact) mass is 201 g/mol. The number of esters is 1. The first-order chi connectivity index (χ1) is 6.74. The van der Waals surface area contributed by atoms with Gasteiger partial charge in [-0.15, -0.1) is 0 Å². The van der Waals surface area contributed by atoms with E-state index in [2.05, 4.69) is 12.2 Å². The highest BCUT2D eigenvalue weighted by atomic mass is 16.6. The number of hydrogen-bond acceptors (Lipinski definition) is 4. The summed E-state index contributed by atoms with van der Waals surface area (Å²) in [6.07, 6.45) is 1.77. The molecule has 1 rings (SSSR count). The minimum Gasteiger partial charge on any atom is -0.463 e. The molecule has 0 aliphatic carbocycles. The van der Waals surface area contributed by atoms with E-state index in [-0.39, 0.29) is 11.9 Å². The second-order valence-corrected chi connectivity index (χ2v) is 3.74. The highest BCUT2D eigenvalue weighted by Gasteiger charge is 2.25. The molecule has 1 heterocycles. The van der Waals surface area contributed by atoms with Crippen molar-refractivity contribution in [2.24, 2.45) is 5.92 Å². The van der Waals surface area contributed by atoms with Crippen LogP contribution in [0.25, 0.3) is 0 Å². The van der Waals surface area contributed by atoms with Crippen molar-refractivity contribution in [3.05, 3.63) is 0 Å². The molecule has 0 aromatic heterocycles. The molecule has 1 fully saturated rings. The van der Waals surface area contributed by atoms with Crippen LogP contribution in [0.3, 0.4) is 0 Å². The Kier molecular flexibility index (Phi) is 4.90. The fourth-order valence-electron chi connectivity index (χ4n) is 1.69. The van der Waals surface area contributed by atoms with Gasteiger partial charge in [-0.1, -0.05) is 0 Å². The van der Waals surface area contributed by atoms with Crippen LogP contribution in [0.15, 0.2) is 0 Å². The lowest BCUT2D eigenvalue weighted by atomic mass is 9.93. The van der Waals surface area contributed by atoms with E-state index in [1.807, 2.05) is 0 Å². The van der Waals surface area contributed by atoms with E-state index in [9.17, 15) is 4.79 Å². The first kappa shape index (κ1) is 11.5. The second kappa shape index (κ2) is 5.98. The molecule has 4 heteroatoms. The summed E-state index contributed by atoms with van der Waals surface area (Å²) in [6, 6.07) is 0.420.